The molecule has 1 aromatic carbocycles. The highest BCUT2D eigenvalue weighted by Gasteiger charge is 2.10. The second-order valence-corrected chi connectivity index (χ2v) is 4.50. The molecule has 18 heavy (non-hydrogen) atoms. The fraction of sp³-hybridized carbons (Fsp3) is 0.167. The van der Waals surface area contributed by atoms with Crippen molar-refractivity contribution in [2.24, 2.45) is 0 Å². The molecule has 2 rings (SSSR count). The summed E-state index contributed by atoms with van der Waals surface area (Å²) in [4.78, 5) is 7.76. The Morgan fingerprint density at radius 3 is 2.56 bits per heavy atom. The fourth-order valence-electron chi connectivity index (χ4n) is 1.49. The summed E-state index contributed by atoms with van der Waals surface area (Å²) >= 11 is 11.6. The molecule has 1 N–H and O–H groups in total. The average molecular weight is 286 g/mol. The Morgan fingerprint density at radius 2 is 1.89 bits per heavy atom. The van der Waals surface area contributed by atoms with Crippen LogP contribution < -0.4 is 5.32 Å². The summed E-state index contributed by atoms with van der Waals surface area (Å²) in [5.74, 6) is 0.183. The van der Waals surface area contributed by atoms with Gasteiger partial charge in [-0.15, -0.1) is 0 Å². The molecule has 0 radical (unpaired) electrons. The van der Waals surface area contributed by atoms with Gasteiger partial charge >= 0.3 is 0 Å². The maximum Gasteiger partial charge on any atom is 0.224 e. The molecule has 2 aromatic rings. The van der Waals surface area contributed by atoms with Gasteiger partial charge in [-0.25, -0.2) is 9.37 Å². The molecular weight excluding hydrogens is 276 g/mol. The van der Waals surface area contributed by atoms with Crippen molar-refractivity contribution in [3.63, 3.8) is 0 Å². The minimum absolute atomic E-state index is 0.0749. The van der Waals surface area contributed by atoms with E-state index < -0.39 is 0 Å². The lowest BCUT2D eigenvalue weighted by molar-refractivity contribution is 0.626. The molecule has 1 aromatic heterocycles. The number of benzene rings is 1. The summed E-state index contributed by atoms with van der Waals surface area (Å²) in [6, 6.07) is 6.13. The largest absolute Gasteiger partial charge is 0.362 e. The highest BCUT2D eigenvalue weighted by Crippen LogP contribution is 2.24. The molecule has 0 saturated carbocycles. The van der Waals surface area contributed by atoms with Crippen LogP contribution in [0.4, 0.5) is 10.2 Å². The summed E-state index contributed by atoms with van der Waals surface area (Å²) in [5, 5.41) is 3.60. The first-order valence-electron chi connectivity index (χ1n) is 5.26. The van der Waals surface area contributed by atoms with E-state index in [2.05, 4.69) is 15.3 Å². The van der Waals surface area contributed by atoms with Crippen molar-refractivity contribution in [1.82, 2.24) is 9.97 Å². The zero-order valence-electron chi connectivity index (χ0n) is 9.49. The van der Waals surface area contributed by atoms with E-state index in [1.165, 1.54) is 18.3 Å². The monoisotopic (exact) mass is 285 g/mol. The van der Waals surface area contributed by atoms with Crippen LogP contribution in [0.1, 0.15) is 18.5 Å². The summed E-state index contributed by atoms with van der Waals surface area (Å²) in [5.41, 5.74) is 0.919. The molecular formula is C12H10Cl2FN3. The van der Waals surface area contributed by atoms with E-state index in [-0.39, 0.29) is 17.1 Å². The van der Waals surface area contributed by atoms with Crippen molar-refractivity contribution in [2.75, 3.05) is 5.32 Å². The van der Waals surface area contributed by atoms with E-state index >= 15 is 0 Å². The Kier molecular flexibility index (Phi) is 3.99. The van der Waals surface area contributed by atoms with Crippen LogP contribution in [-0.2, 0) is 0 Å². The zero-order chi connectivity index (χ0) is 13.1. The van der Waals surface area contributed by atoms with Gasteiger partial charge in [0.1, 0.15) is 16.7 Å². The maximum atomic E-state index is 12.8. The molecule has 1 unspecified atom stereocenters. The Bertz CT molecular complexity index is 546. The van der Waals surface area contributed by atoms with Crippen molar-refractivity contribution in [3.8, 4) is 0 Å². The zero-order valence-corrected chi connectivity index (χ0v) is 11.0. The molecule has 1 heterocycles. The quantitative estimate of drug-likeness (QED) is 0.863. The van der Waals surface area contributed by atoms with Crippen LogP contribution in [0.25, 0.3) is 0 Å². The van der Waals surface area contributed by atoms with Crippen molar-refractivity contribution >= 4 is 29.0 Å². The Labute approximate surface area is 114 Å². The molecule has 94 valence electrons. The second kappa shape index (κ2) is 5.50. The third-order valence-corrected chi connectivity index (χ3v) is 2.90. The molecule has 0 aliphatic heterocycles. The molecule has 0 saturated heterocycles. The van der Waals surface area contributed by atoms with Crippen molar-refractivity contribution in [2.45, 2.75) is 13.0 Å². The third-order valence-electron chi connectivity index (χ3n) is 2.44. The van der Waals surface area contributed by atoms with E-state index in [1.54, 1.807) is 12.1 Å². The predicted molar refractivity (Wildman–Crippen MR) is 70.5 cm³/mol. The highest BCUT2D eigenvalue weighted by atomic mass is 35.5. The number of hydrogen-bond donors (Lipinski definition) is 1. The van der Waals surface area contributed by atoms with Crippen LogP contribution in [0.5, 0.6) is 0 Å². The molecule has 0 bridgehead atoms. The SMILES string of the molecule is CC(Nc1nc(Cl)ncc1Cl)c1ccc(F)cc1. The summed E-state index contributed by atoms with van der Waals surface area (Å²) < 4.78 is 12.8. The molecule has 3 nitrogen and oxygen atoms in total. The van der Waals surface area contributed by atoms with Gasteiger partial charge in [0.15, 0.2) is 0 Å². The van der Waals surface area contributed by atoms with Crippen LogP contribution in [0.3, 0.4) is 0 Å². The number of hydrogen-bond acceptors (Lipinski definition) is 3. The van der Waals surface area contributed by atoms with E-state index in [4.69, 9.17) is 23.2 Å². The molecule has 0 spiro atoms. The molecule has 1 atom stereocenters. The van der Waals surface area contributed by atoms with Crippen LogP contribution in [0, 0.1) is 5.82 Å². The maximum absolute atomic E-state index is 12.8. The lowest BCUT2D eigenvalue weighted by Crippen LogP contribution is -2.08. The van der Waals surface area contributed by atoms with Gasteiger partial charge in [-0.05, 0) is 36.2 Å². The molecule has 0 aliphatic carbocycles. The van der Waals surface area contributed by atoms with Crippen molar-refractivity contribution in [1.29, 1.82) is 0 Å². The third kappa shape index (κ3) is 3.09. The van der Waals surface area contributed by atoms with Gasteiger partial charge in [0.2, 0.25) is 5.28 Å². The number of nitrogens with one attached hydrogen (secondary N) is 1. The number of aromatic nitrogens is 2. The highest BCUT2D eigenvalue weighted by molar-refractivity contribution is 6.33. The average Bonchev–Trinajstić information content (AvgIpc) is 2.34. The van der Waals surface area contributed by atoms with Gasteiger partial charge in [-0.1, -0.05) is 23.7 Å². The first kappa shape index (κ1) is 13.1. The number of anilines is 1. The van der Waals surface area contributed by atoms with Crippen molar-refractivity contribution in [3.05, 3.63) is 52.1 Å². The first-order valence-corrected chi connectivity index (χ1v) is 6.02. The minimum Gasteiger partial charge on any atom is -0.362 e. The van der Waals surface area contributed by atoms with Crippen LogP contribution in [0.15, 0.2) is 30.5 Å². The van der Waals surface area contributed by atoms with E-state index in [0.717, 1.165) is 5.56 Å². The predicted octanol–water partition coefficient (Wildman–Crippen LogP) is 4.10. The van der Waals surface area contributed by atoms with Gasteiger partial charge in [-0.3, -0.25) is 0 Å². The van der Waals surface area contributed by atoms with Gasteiger partial charge in [0.25, 0.3) is 0 Å². The summed E-state index contributed by atoms with van der Waals surface area (Å²) in [6.45, 7) is 1.92. The van der Waals surface area contributed by atoms with Gasteiger partial charge in [0, 0.05) is 6.04 Å². The fourth-order valence-corrected chi connectivity index (χ4v) is 1.77. The van der Waals surface area contributed by atoms with Crippen LogP contribution in [0.2, 0.25) is 10.3 Å². The number of halogens is 3. The van der Waals surface area contributed by atoms with E-state index in [1.807, 2.05) is 6.92 Å². The van der Waals surface area contributed by atoms with Crippen LogP contribution in [-0.4, -0.2) is 9.97 Å². The van der Waals surface area contributed by atoms with Crippen LogP contribution >= 0.6 is 23.2 Å². The topological polar surface area (TPSA) is 37.8 Å². The standard InChI is InChI=1S/C12H10Cl2FN3/c1-7(8-2-4-9(15)5-3-8)17-11-10(13)6-16-12(14)18-11/h2-7H,1H3,(H,16,17,18). The number of nitrogens with zero attached hydrogens (tertiary/aromatic N) is 2. The summed E-state index contributed by atoms with van der Waals surface area (Å²) in [7, 11) is 0. The second-order valence-electron chi connectivity index (χ2n) is 3.75. The van der Waals surface area contributed by atoms with Gasteiger partial charge < -0.3 is 5.32 Å². The normalized spacial score (nSPS) is 12.2. The Hall–Kier alpha value is -1.39. The first-order chi connectivity index (χ1) is 8.56. The van der Waals surface area contributed by atoms with Crippen molar-refractivity contribution < 1.29 is 4.39 Å². The molecule has 0 aliphatic rings. The molecule has 0 amide bonds. The van der Waals surface area contributed by atoms with E-state index in [0.29, 0.717) is 10.8 Å². The van der Waals surface area contributed by atoms with Gasteiger partial charge in [-0.2, -0.15) is 4.98 Å². The lowest BCUT2D eigenvalue weighted by Gasteiger charge is -2.15. The molecule has 0 fully saturated rings. The summed E-state index contributed by atoms with van der Waals surface area (Å²) in [6.07, 6.45) is 1.43. The smallest absolute Gasteiger partial charge is 0.224 e. The van der Waals surface area contributed by atoms with Gasteiger partial charge in [0.05, 0.1) is 6.20 Å². The minimum atomic E-state index is -0.269. The number of rotatable bonds is 3. The Morgan fingerprint density at radius 1 is 1.22 bits per heavy atom. The Balaban J connectivity index is 2.18. The molecule has 6 heteroatoms. The lowest BCUT2D eigenvalue weighted by atomic mass is 10.1. The van der Waals surface area contributed by atoms with E-state index in [9.17, 15) is 4.39 Å².